The Hall–Kier alpha value is -2.07. The molecule has 0 radical (unpaired) electrons. The summed E-state index contributed by atoms with van der Waals surface area (Å²) in [5, 5.41) is 14.9. The average molecular weight is 305 g/mol. The van der Waals surface area contributed by atoms with Crippen LogP contribution in [0.3, 0.4) is 0 Å². The molecule has 0 amide bonds. The number of anilines is 1. The summed E-state index contributed by atoms with van der Waals surface area (Å²) in [4.78, 5) is 10.7. The van der Waals surface area contributed by atoms with Gasteiger partial charge in [-0.3, -0.25) is 10.1 Å². The summed E-state index contributed by atoms with van der Waals surface area (Å²) in [5.74, 6) is 0. The van der Waals surface area contributed by atoms with Gasteiger partial charge in [-0.2, -0.15) is 0 Å². The maximum Gasteiger partial charge on any atom is 0.272 e. The summed E-state index contributed by atoms with van der Waals surface area (Å²) in [5.41, 5.74) is 3.55. The van der Waals surface area contributed by atoms with Gasteiger partial charge in [0, 0.05) is 17.7 Å². The van der Waals surface area contributed by atoms with Crippen LogP contribution in [0.2, 0.25) is 5.02 Å². The molecule has 0 aliphatic carbocycles. The highest BCUT2D eigenvalue weighted by atomic mass is 35.5. The van der Waals surface area contributed by atoms with Crippen molar-refractivity contribution in [3.8, 4) is 0 Å². The van der Waals surface area contributed by atoms with Gasteiger partial charge in [0.25, 0.3) is 5.69 Å². The number of nitro benzene ring substituents is 1. The minimum absolute atomic E-state index is 0.0792. The molecule has 21 heavy (non-hydrogen) atoms. The predicted molar refractivity (Wildman–Crippen MR) is 86.1 cm³/mol. The predicted octanol–water partition coefficient (Wildman–Crippen LogP) is 5.04. The Balaban J connectivity index is 2.26. The van der Waals surface area contributed by atoms with Crippen LogP contribution < -0.4 is 5.32 Å². The zero-order chi connectivity index (χ0) is 15.6. The summed E-state index contributed by atoms with van der Waals surface area (Å²) in [6.07, 6.45) is 0. The summed E-state index contributed by atoms with van der Waals surface area (Å²) < 4.78 is 0. The van der Waals surface area contributed by atoms with E-state index in [9.17, 15) is 10.1 Å². The molecule has 110 valence electrons. The highest BCUT2D eigenvalue weighted by molar-refractivity contribution is 6.33. The fourth-order valence-electron chi connectivity index (χ4n) is 2.15. The second kappa shape index (κ2) is 6.14. The number of rotatable bonds is 4. The van der Waals surface area contributed by atoms with E-state index in [1.807, 2.05) is 38.1 Å². The van der Waals surface area contributed by atoms with E-state index in [0.717, 1.165) is 16.8 Å². The van der Waals surface area contributed by atoms with E-state index < -0.39 is 0 Å². The van der Waals surface area contributed by atoms with E-state index in [1.165, 1.54) is 0 Å². The van der Waals surface area contributed by atoms with Crippen LogP contribution >= 0.6 is 11.6 Å². The second-order valence-corrected chi connectivity index (χ2v) is 5.56. The van der Waals surface area contributed by atoms with Crippen molar-refractivity contribution in [3.05, 3.63) is 68.2 Å². The highest BCUT2D eigenvalue weighted by Gasteiger charge is 2.15. The maximum absolute atomic E-state index is 11.0. The fraction of sp³-hybridized carbons (Fsp3) is 0.250. The normalized spacial score (nSPS) is 12.0. The molecule has 1 atom stereocenters. The number of halogens is 1. The topological polar surface area (TPSA) is 55.2 Å². The summed E-state index contributed by atoms with van der Waals surface area (Å²) in [7, 11) is 0. The summed E-state index contributed by atoms with van der Waals surface area (Å²) in [6, 6.07) is 11.0. The average Bonchev–Trinajstić information content (AvgIpc) is 2.42. The lowest BCUT2D eigenvalue weighted by molar-refractivity contribution is -0.385. The van der Waals surface area contributed by atoms with Crippen molar-refractivity contribution in [2.45, 2.75) is 26.8 Å². The van der Waals surface area contributed by atoms with E-state index in [2.05, 4.69) is 5.32 Å². The largest absolute Gasteiger partial charge is 0.377 e. The van der Waals surface area contributed by atoms with Gasteiger partial charge >= 0.3 is 0 Å². The molecule has 0 bridgehead atoms. The van der Waals surface area contributed by atoms with Gasteiger partial charge in [-0.05, 0) is 44.0 Å². The van der Waals surface area contributed by atoms with Gasteiger partial charge in [0.05, 0.1) is 15.6 Å². The highest BCUT2D eigenvalue weighted by Crippen LogP contribution is 2.29. The first-order chi connectivity index (χ1) is 9.88. The van der Waals surface area contributed by atoms with Crippen LogP contribution in [0.15, 0.2) is 36.4 Å². The van der Waals surface area contributed by atoms with Crippen LogP contribution in [0.4, 0.5) is 11.4 Å². The minimum Gasteiger partial charge on any atom is -0.377 e. The van der Waals surface area contributed by atoms with Crippen molar-refractivity contribution in [2.24, 2.45) is 0 Å². The van der Waals surface area contributed by atoms with Gasteiger partial charge in [-0.15, -0.1) is 0 Å². The molecular formula is C16H17ClN2O2. The molecule has 0 heterocycles. The standard InChI is InChI=1S/C16H17ClN2O2/c1-10-4-7-15(14(17)8-10)18-12(3)13-6-5-11(2)16(9-13)19(20)21/h4-9,12,18H,1-3H3. The molecular weight excluding hydrogens is 288 g/mol. The second-order valence-electron chi connectivity index (χ2n) is 5.15. The number of nitrogens with zero attached hydrogens (tertiary/aromatic N) is 1. The first-order valence-electron chi connectivity index (χ1n) is 6.66. The van der Waals surface area contributed by atoms with Crippen molar-refractivity contribution < 1.29 is 4.92 Å². The molecule has 5 heteroatoms. The minimum atomic E-state index is -0.357. The van der Waals surface area contributed by atoms with Crippen molar-refractivity contribution in [2.75, 3.05) is 5.32 Å². The van der Waals surface area contributed by atoms with E-state index in [-0.39, 0.29) is 16.7 Å². The molecule has 2 aromatic carbocycles. The zero-order valence-electron chi connectivity index (χ0n) is 12.2. The Bertz CT molecular complexity index is 686. The molecule has 1 unspecified atom stereocenters. The van der Waals surface area contributed by atoms with Crippen LogP contribution in [0, 0.1) is 24.0 Å². The smallest absolute Gasteiger partial charge is 0.272 e. The van der Waals surface area contributed by atoms with Gasteiger partial charge in [0.1, 0.15) is 0 Å². The van der Waals surface area contributed by atoms with Gasteiger partial charge in [-0.1, -0.05) is 29.8 Å². The van der Waals surface area contributed by atoms with Gasteiger partial charge in [0.2, 0.25) is 0 Å². The SMILES string of the molecule is Cc1ccc(NC(C)c2ccc(C)c([N+](=O)[O-])c2)c(Cl)c1. The molecule has 0 saturated heterocycles. The van der Waals surface area contributed by atoms with Gasteiger partial charge in [0.15, 0.2) is 0 Å². The number of aryl methyl sites for hydroxylation is 2. The number of benzene rings is 2. The number of hydrogen-bond acceptors (Lipinski definition) is 3. The lowest BCUT2D eigenvalue weighted by Gasteiger charge is -2.17. The van der Waals surface area contributed by atoms with E-state index in [1.54, 1.807) is 19.1 Å². The first-order valence-corrected chi connectivity index (χ1v) is 7.04. The van der Waals surface area contributed by atoms with E-state index >= 15 is 0 Å². The molecule has 0 aliphatic rings. The lowest BCUT2D eigenvalue weighted by Crippen LogP contribution is -2.08. The third kappa shape index (κ3) is 3.52. The Kier molecular flexibility index (Phi) is 4.48. The van der Waals surface area contributed by atoms with Crippen molar-refractivity contribution in [3.63, 3.8) is 0 Å². The quantitative estimate of drug-likeness (QED) is 0.636. The third-order valence-corrected chi connectivity index (χ3v) is 3.74. The molecule has 0 spiro atoms. The summed E-state index contributed by atoms with van der Waals surface area (Å²) in [6.45, 7) is 5.66. The number of nitro groups is 1. The molecule has 0 aliphatic heterocycles. The van der Waals surface area contributed by atoms with Crippen molar-refractivity contribution in [1.82, 2.24) is 0 Å². The van der Waals surface area contributed by atoms with Crippen LogP contribution in [0.5, 0.6) is 0 Å². The Morgan fingerprint density at radius 2 is 1.90 bits per heavy atom. The lowest BCUT2D eigenvalue weighted by atomic mass is 10.0. The molecule has 2 aromatic rings. The van der Waals surface area contributed by atoms with Crippen molar-refractivity contribution in [1.29, 1.82) is 0 Å². The third-order valence-electron chi connectivity index (χ3n) is 3.43. The van der Waals surface area contributed by atoms with Crippen LogP contribution in [-0.4, -0.2) is 4.92 Å². The van der Waals surface area contributed by atoms with Gasteiger partial charge in [-0.25, -0.2) is 0 Å². The molecule has 0 aromatic heterocycles. The number of hydrogen-bond donors (Lipinski definition) is 1. The Labute approximate surface area is 128 Å². The summed E-state index contributed by atoms with van der Waals surface area (Å²) >= 11 is 6.20. The van der Waals surface area contributed by atoms with Crippen molar-refractivity contribution >= 4 is 23.0 Å². The Morgan fingerprint density at radius 3 is 2.52 bits per heavy atom. The zero-order valence-corrected chi connectivity index (χ0v) is 12.9. The molecule has 0 saturated carbocycles. The first kappa shape index (κ1) is 15.3. The van der Waals surface area contributed by atoms with Crippen LogP contribution in [0.1, 0.15) is 29.7 Å². The Morgan fingerprint density at radius 1 is 1.19 bits per heavy atom. The maximum atomic E-state index is 11.0. The molecule has 1 N–H and O–H groups in total. The van der Waals surface area contributed by atoms with Crippen LogP contribution in [-0.2, 0) is 0 Å². The molecule has 0 fully saturated rings. The molecule has 4 nitrogen and oxygen atoms in total. The van der Waals surface area contributed by atoms with E-state index in [0.29, 0.717) is 10.6 Å². The van der Waals surface area contributed by atoms with Crippen LogP contribution in [0.25, 0.3) is 0 Å². The van der Waals surface area contributed by atoms with Gasteiger partial charge < -0.3 is 5.32 Å². The fourth-order valence-corrected chi connectivity index (χ4v) is 2.44. The number of nitrogens with one attached hydrogen (secondary N) is 1. The molecule has 2 rings (SSSR count). The monoisotopic (exact) mass is 304 g/mol. The van der Waals surface area contributed by atoms with E-state index in [4.69, 9.17) is 11.6 Å².